The summed E-state index contributed by atoms with van der Waals surface area (Å²) >= 11 is 3.51. The highest BCUT2D eigenvalue weighted by molar-refractivity contribution is 9.10. The average Bonchev–Trinajstić information content (AvgIpc) is 3.38. The number of esters is 1. The number of benzene rings is 2. The molecule has 0 atom stereocenters. The molecule has 0 saturated heterocycles. The summed E-state index contributed by atoms with van der Waals surface area (Å²) in [6.07, 6.45) is 3.11. The van der Waals surface area contributed by atoms with E-state index < -0.39 is 5.97 Å². The molecule has 3 aromatic rings. The SMILES string of the molecule is COc1cc(/C=C2\N=C(c3ccco3)OC2=O)ccc1OCc1ccccc1Br. The van der Waals surface area contributed by atoms with Crippen molar-refractivity contribution in [2.45, 2.75) is 6.61 Å². The fourth-order valence-electron chi connectivity index (χ4n) is 2.74. The number of carbonyl (C=O) groups is 1. The minimum atomic E-state index is -0.537. The minimum Gasteiger partial charge on any atom is -0.493 e. The fourth-order valence-corrected chi connectivity index (χ4v) is 3.14. The van der Waals surface area contributed by atoms with Gasteiger partial charge in [0.1, 0.15) is 6.61 Å². The Hall–Kier alpha value is -3.32. The molecule has 4 rings (SSSR count). The van der Waals surface area contributed by atoms with Crippen molar-refractivity contribution >= 4 is 33.9 Å². The monoisotopic (exact) mass is 453 g/mol. The topological polar surface area (TPSA) is 70.3 Å². The van der Waals surface area contributed by atoms with Gasteiger partial charge in [-0.2, -0.15) is 0 Å². The van der Waals surface area contributed by atoms with Gasteiger partial charge < -0.3 is 18.6 Å². The molecule has 6 nitrogen and oxygen atoms in total. The van der Waals surface area contributed by atoms with Gasteiger partial charge in [-0.15, -0.1) is 0 Å². The lowest BCUT2D eigenvalue weighted by atomic mass is 10.1. The van der Waals surface area contributed by atoms with Gasteiger partial charge in [-0.1, -0.05) is 40.2 Å². The number of furan rings is 1. The normalized spacial score (nSPS) is 14.6. The van der Waals surface area contributed by atoms with Crippen molar-refractivity contribution in [2.24, 2.45) is 4.99 Å². The lowest BCUT2D eigenvalue weighted by Gasteiger charge is -2.12. The molecule has 0 unspecified atom stereocenters. The van der Waals surface area contributed by atoms with Crippen LogP contribution >= 0.6 is 15.9 Å². The van der Waals surface area contributed by atoms with Crippen LogP contribution in [0.25, 0.3) is 6.08 Å². The first kappa shape index (κ1) is 19.0. The summed E-state index contributed by atoms with van der Waals surface area (Å²) in [6, 6.07) is 16.6. The maximum atomic E-state index is 12.1. The van der Waals surface area contributed by atoms with E-state index in [9.17, 15) is 4.79 Å². The number of rotatable bonds is 6. The Balaban J connectivity index is 1.54. The highest BCUT2D eigenvalue weighted by Crippen LogP contribution is 2.31. The van der Waals surface area contributed by atoms with Gasteiger partial charge in [0.2, 0.25) is 0 Å². The third kappa shape index (κ3) is 4.25. The molecule has 0 radical (unpaired) electrons. The molecule has 0 amide bonds. The molecule has 1 aromatic heterocycles. The lowest BCUT2D eigenvalue weighted by Crippen LogP contribution is -2.04. The predicted octanol–water partition coefficient (Wildman–Crippen LogP) is 4.97. The van der Waals surface area contributed by atoms with Crippen LogP contribution in [0.15, 0.2) is 80.4 Å². The molecule has 0 spiro atoms. The van der Waals surface area contributed by atoms with Crippen molar-refractivity contribution in [1.29, 1.82) is 0 Å². The first-order valence-electron chi connectivity index (χ1n) is 8.75. The van der Waals surface area contributed by atoms with Crippen LogP contribution in [-0.4, -0.2) is 19.0 Å². The van der Waals surface area contributed by atoms with Gasteiger partial charge in [0.15, 0.2) is 23.0 Å². The van der Waals surface area contributed by atoms with E-state index in [1.54, 1.807) is 37.5 Å². The van der Waals surface area contributed by atoms with Gasteiger partial charge in [-0.25, -0.2) is 9.79 Å². The standard InChI is InChI=1S/C22H16BrNO5/c1-26-20-12-14(8-9-18(20)28-13-15-5-2-3-6-16(15)23)11-17-22(25)29-21(24-17)19-7-4-10-27-19/h2-12H,13H2,1H3/b17-11-. The number of cyclic esters (lactones) is 1. The van der Waals surface area contributed by atoms with Crippen LogP contribution in [-0.2, 0) is 16.1 Å². The number of methoxy groups -OCH3 is 1. The molecule has 1 aliphatic heterocycles. The average molecular weight is 454 g/mol. The van der Waals surface area contributed by atoms with E-state index in [-0.39, 0.29) is 11.6 Å². The minimum absolute atomic E-state index is 0.145. The number of halogens is 1. The molecule has 2 aromatic carbocycles. The van der Waals surface area contributed by atoms with Crippen molar-refractivity contribution in [2.75, 3.05) is 7.11 Å². The van der Waals surface area contributed by atoms with Crippen molar-refractivity contribution in [3.8, 4) is 11.5 Å². The maximum Gasteiger partial charge on any atom is 0.363 e. The molecule has 0 bridgehead atoms. The zero-order valence-corrected chi connectivity index (χ0v) is 17.0. The smallest absolute Gasteiger partial charge is 0.363 e. The van der Waals surface area contributed by atoms with Crippen LogP contribution in [0.5, 0.6) is 11.5 Å². The molecular formula is C22H16BrNO5. The van der Waals surface area contributed by atoms with E-state index in [4.69, 9.17) is 18.6 Å². The summed E-state index contributed by atoms with van der Waals surface area (Å²) in [5.74, 6) is 1.15. The summed E-state index contributed by atoms with van der Waals surface area (Å²) in [5, 5.41) is 0. The van der Waals surface area contributed by atoms with Gasteiger partial charge in [0.05, 0.1) is 13.4 Å². The number of nitrogens with zero attached hydrogens (tertiary/aromatic N) is 1. The van der Waals surface area contributed by atoms with Crippen molar-refractivity contribution in [3.63, 3.8) is 0 Å². The zero-order valence-electron chi connectivity index (χ0n) is 15.4. The molecule has 1 aliphatic rings. The molecule has 7 heteroatoms. The van der Waals surface area contributed by atoms with Crippen LogP contribution in [0, 0.1) is 0 Å². The second-order valence-corrected chi connectivity index (χ2v) is 6.96. The number of hydrogen-bond acceptors (Lipinski definition) is 6. The first-order chi connectivity index (χ1) is 14.1. The van der Waals surface area contributed by atoms with Crippen LogP contribution < -0.4 is 9.47 Å². The van der Waals surface area contributed by atoms with Crippen molar-refractivity contribution < 1.29 is 23.4 Å². The quantitative estimate of drug-likeness (QED) is 0.389. The molecule has 0 aliphatic carbocycles. The van der Waals surface area contributed by atoms with E-state index in [1.165, 1.54) is 6.26 Å². The Morgan fingerprint density at radius 1 is 1.10 bits per heavy atom. The summed E-state index contributed by atoms with van der Waals surface area (Å²) in [7, 11) is 1.56. The van der Waals surface area contributed by atoms with Crippen LogP contribution in [0.1, 0.15) is 16.9 Å². The second-order valence-electron chi connectivity index (χ2n) is 6.10. The summed E-state index contributed by atoms with van der Waals surface area (Å²) in [4.78, 5) is 16.3. The number of hydrogen-bond donors (Lipinski definition) is 0. The van der Waals surface area contributed by atoms with Crippen LogP contribution in [0.2, 0.25) is 0 Å². The molecule has 2 heterocycles. The Labute approximate surface area is 175 Å². The van der Waals surface area contributed by atoms with Gasteiger partial charge >= 0.3 is 5.97 Å². The van der Waals surface area contributed by atoms with E-state index in [2.05, 4.69) is 20.9 Å². The predicted molar refractivity (Wildman–Crippen MR) is 111 cm³/mol. The van der Waals surface area contributed by atoms with Crippen LogP contribution in [0.4, 0.5) is 0 Å². The van der Waals surface area contributed by atoms with Crippen molar-refractivity contribution in [1.82, 2.24) is 0 Å². The van der Waals surface area contributed by atoms with E-state index >= 15 is 0 Å². The van der Waals surface area contributed by atoms with Gasteiger partial charge in [-0.05, 0) is 42.0 Å². The van der Waals surface area contributed by atoms with E-state index in [0.717, 1.165) is 15.6 Å². The molecule has 0 N–H and O–H groups in total. The number of aliphatic imine (C=N–C) groups is 1. The number of ether oxygens (including phenoxy) is 3. The summed E-state index contributed by atoms with van der Waals surface area (Å²) in [5.41, 5.74) is 1.93. The Morgan fingerprint density at radius 2 is 1.97 bits per heavy atom. The second kappa shape index (κ2) is 8.36. The van der Waals surface area contributed by atoms with E-state index in [0.29, 0.717) is 23.9 Å². The van der Waals surface area contributed by atoms with Crippen molar-refractivity contribution in [3.05, 3.63) is 87.9 Å². The lowest BCUT2D eigenvalue weighted by molar-refractivity contribution is -0.130. The Morgan fingerprint density at radius 3 is 2.72 bits per heavy atom. The largest absolute Gasteiger partial charge is 0.493 e. The maximum absolute atomic E-state index is 12.1. The Bertz CT molecular complexity index is 1100. The van der Waals surface area contributed by atoms with E-state index in [1.807, 2.05) is 30.3 Å². The molecule has 0 saturated carbocycles. The first-order valence-corrected chi connectivity index (χ1v) is 9.54. The zero-order chi connectivity index (χ0) is 20.2. The van der Waals surface area contributed by atoms with Crippen LogP contribution in [0.3, 0.4) is 0 Å². The molecule has 29 heavy (non-hydrogen) atoms. The van der Waals surface area contributed by atoms with Gasteiger partial charge in [-0.3, -0.25) is 0 Å². The third-order valence-corrected chi connectivity index (χ3v) is 4.96. The molecule has 146 valence electrons. The van der Waals surface area contributed by atoms with Gasteiger partial charge in [0.25, 0.3) is 5.90 Å². The van der Waals surface area contributed by atoms with Gasteiger partial charge in [0, 0.05) is 10.0 Å². The Kier molecular flexibility index (Phi) is 5.48. The summed E-state index contributed by atoms with van der Waals surface area (Å²) < 4.78 is 22.7. The number of carbonyl (C=O) groups excluding carboxylic acids is 1. The summed E-state index contributed by atoms with van der Waals surface area (Å²) in [6.45, 7) is 0.390. The molecular weight excluding hydrogens is 438 g/mol. The highest BCUT2D eigenvalue weighted by atomic mass is 79.9. The highest BCUT2D eigenvalue weighted by Gasteiger charge is 2.25. The molecule has 0 fully saturated rings. The fraction of sp³-hybridized carbons (Fsp3) is 0.0909. The third-order valence-electron chi connectivity index (χ3n) is 4.18.